The third-order valence-electron chi connectivity index (χ3n) is 1.54. The molecule has 0 aromatic rings. The topological polar surface area (TPSA) is 168 Å². The lowest BCUT2D eigenvalue weighted by atomic mass is 10.3. The van der Waals surface area contributed by atoms with Gasteiger partial charge in [-0.25, -0.2) is 4.79 Å². The fourth-order valence-corrected chi connectivity index (χ4v) is 0.606. The summed E-state index contributed by atoms with van der Waals surface area (Å²) in [7, 11) is 0. The van der Waals surface area contributed by atoms with Crippen LogP contribution in [-0.4, -0.2) is 53.4 Å². The largest absolute Gasteiger partial charge is 0.394 e. The van der Waals surface area contributed by atoms with Crippen molar-refractivity contribution in [1.29, 1.82) is 0 Å². The molecule has 9 heteroatoms. The van der Waals surface area contributed by atoms with Crippen LogP contribution >= 0.6 is 0 Å². The Labute approximate surface area is 90.8 Å². The molecule has 0 unspecified atom stereocenters. The highest BCUT2D eigenvalue weighted by Crippen LogP contribution is 1.79. The van der Waals surface area contributed by atoms with E-state index >= 15 is 0 Å². The molecule has 0 aromatic heterocycles. The summed E-state index contributed by atoms with van der Waals surface area (Å²) in [4.78, 5) is 32.9. The van der Waals surface area contributed by atoms with Gasteiger partial charge in [0.2, 0.25) is 11.8 Å². The molecule has 92 valence electrons. The van der Waals surface area contributed by atoms with Gasteiger partial charge in [0.05, 0.1) is 13.2 Å². The van der Waals surface area contributed by atoms with Gasteiger partial charge in [-0.15, -0.1) is 0 Å². The van der Waals surface area contributed by atoms with Gasteiger partial charge in [0, 0.05) is 0 Å². The maximum Gasteiger partial charge on any atom is 0.328 e. The number of hydrogen-bond donors (Lipinski definition) is 6. The minimum Gasteiger partial charge on any atom is -0.394 e. The Hall–Kier alpha value is -1.55. The smallest absolute Gasteiger partial charge is 0.328 e. The zero-order valence-corrected chi connectivity index (χ0v) is 8.34. The van der Waals surface area contributed by atoms with Crippen LogP contribution in [0.1, 0.15) is 0 Å². The first-order valence-electron chi connectivity index (χ1n) is 4.31. The maximum absolute atomic E-state index is 11.0. The van der Waals surface area contributed by atoms with E-state index in [2.05, 4.69) is 0 Å². The zero-order chi connectivity index (χ0) is 12.7. The van der Waals surface area contributed by atoms with E-state index in [9.17, 15) is 14.4 Å². The molecule has 16 heavy (non-hydrogen) atoms. The molecule has 0 bridgehead atoms. The molecule has 9 nitrogen and oxygen atoms in total. The number of urea groups is 1. The summed E-state index contributed by atoms with van der Waals surface area (Å²) in [6.45, 7) is -1.27. The molecule has 0 aliphatic rings. The number of aliphatic hydroxyl groups is 2. The van der Waals surface area contributed by atoms with Crippen molar-refractivity contribution in [2.75, 3.05) is 13.2 Å². The molecular weight excluding hydrogens is 220 g/mol. The van der Waals surface area contributed by atoms with Crippen molar-refractivity contribution in [3.05, 3.63) is 0 Å². The molecule has 0 aromatic carbocycles. The van der Waals surface area contributed by atoms with Crippen molar-refractivity contribution in [2.45, 2.75) is 12.1 Å². The van der Waals surface area contributed by atoms with Crippen LogP contribution in [0.4, 0.5) is 4.79 Å². The second kappa shape index (κ2) is 6.85. The fraction of sp³-hybridized carbons (Fsp3) is 0.571. The molecule has 0 heterocycles. The highest BCUT2D eigenvalue weighted by Gasteiger charge is 2.19. The average Bonchev–Trinajstić information content (AvgIpc) is 2.26. The van der Waals surface area contributed by atoms with Crippen LogP contribution in [0.2, 0.25) is 0 Å². The molecule has 0 saturated heterocycles. The van der Waals surface area contributed by atoms with E-state index < -0.39 is 43.1 Å². The first-order valence-corrected chi connectivity index (χ1v) is 4.31. The average molecular weight is 234 g/mol. The van der Waals surface area contributed by atoms with Gasteiger partial charge in [0.25, 0.3) is 0 Å². The molecule has 8 N–H and O–H groups in total. The minimum absolute atomic E-state index is 0.636. The molecule has 0 spiro atoms. The Kier molecular flexibility index (Phi) is 6.18. The molecule has 0 fully saturated rings. The maximum atomic E-state index is 11.0. The molecule has 4 amide bonds. The lowest BCUT2D eigenvalue weighted by Gasteiger charge is -2.10. The third kappa shape index (κ3) is 4.79. The van der Waals surface area contributed by atoms with Crippen molar-refractivity contribution >= 4 is 17.8 Å². The Morgan fingerprint density at radius 3 is 1.50 bits per heavy atom. The van der Waals surface area contributed by atoms with Crippen LogP contribution in [-0.2, 0) is 9.59 Å². The third-order valence-corrected chi connectivity index (χ3v) is 1.54. The molecule has 0 aliphatic carbocycles. The quantitative estimate of drug-likeness (QED) is 0.288. The lowest BCUT2D eigenvalue weighted by Crippen LogP contribution is -2.53. The predicted molar refractivity (Wildman–Crippen MR) is 51.8 cm³/mol. The van der Waals surface area contributed by atoms with Crippen molar-refractivity contribution in [3.63, 3.8) is 0 Å². The van der Waals surface area contributed by atoms with E-state index in [1.165, 1.54) is 0 Å². The summed E-state index contributed by atoms with van der Waals surface area (Å²) >= 11 is 0. The number of hydrogen-bond acceptors (Lipinski definition) is 7. The van der Waals surface area contributed by atoms with E-state index in [0.717, 1.165) is 0 Å². The Morgan fingerprint density at radius 2 is 1.25 bits per heavy atom. The second-order valence-corrected chi connectivity index (χ2v) is 2.89. The lowest BCUT2D eigenvalue weighted by molar-refractivity contribution is -0.122. The summed E-state index contributed by atoms with van der Waals surface area (Å²) in [5, 5.41) is 20.4. The van der Waals surface area contributed by atoms with Crippen LogP contribution in [0.3, 0.4) is 0 Å². The van der Waals surface area contributed by atoms with Gasteiger partial charge >= 0.3 is 6.03 Å². The number of amides is 4. The van der Waals surface area contributed by atoms with Crippen molar-refractivity contribution < 1.29 is 24.6 Å². The molecule has 0 saturated carbocycles. The monoisotopic (exact) mass is 234 g/mol. The van der Waals surface area contributed by atoms with E-state index in [1.807, 2.05) is 0 Å². The van der Waals surface area contributed by atoms with E-state index in [4.69, 9.17) is 21.7 Å². The number of imide groups is 2. The van der Waals surface area contributed by atoms with Crippen molar-refractivity contribution in [1.82, 2.24) is 10.6 Å². The fourth-order valence-electron chi connectivity index (χ4n) is 0.606. The second-order valence-electron chi connectivity index (χ2n) is 2.89. The van der Waals surface area contributed by atoms with Gasteiger partial charge in [-0.05, 0) is 0 Å². The highest BCUT2D eigenvalue weighted by molar-refractivity contribution is 6.04. The van der Waals surface area contributed by atoms with Crippen molar-refractivity contribution in [3.8, 4) is 0 Å². The molecule has 0 aliphatic heterocycles. The minimum atomic E-state index is -1.26. The van der Waals surface area contributed by atoms with Gasteiger partial charge < -0.3 is 21.7 Å². The summed E-state index contributed by atoms with van der Waals surface area (Å²) < 4.78 is 0. The number of carbonyl (C=O) groups excluding carboxylic acids is 3. The summed E-state index contributed by atoms with van der Waals surface area (Å²) in [6, 6.07) is -3.64. The van der Waals surface area contributed by atoms with Gasteiger partial charge in [-0.2, -0.15) is 0 Å². The zero-order valence-electron chi connectivity index (χ0n) is 8.34. The number of nitrogens with one attached hydrogen (secondary N) is 2. The van der Waals surface area contributed by atoms with Crippen LogP contribution < -0.4 is 22.1 Å². The predicted octanol–water partition coefficient (Wildman–Crippen LogP) is -4.02. The highest BCUT2D eigenvalue weighted by atomic mass is 16.3. The molecule has 0 radical (unpaired) electrons. The van der Waals surface area contributed by atoms with Gasteiger partial charge in [0.15, 0.2) is 0 Å². The number of rotatable bonds is 4. The van der Waals surface area contributed by atoms with E-state index in [0.29, 0.717) is 0 Å². The van der Waals surface area contributed by atoms with Crippen LogP contribution in [0, 0.1) is 0 Å². The standard InChI is InChI=1S/C7H14N4O5/c8-3(1-12)5(14)10-7(16)11-6(15)4(9)2-13/h3-4,12-13H,1-2,8-9H2,(H2,10,11,14,15,16)/t3-,4-/m0/s1. The van der Waals surface area contributed by atoms with Crippen molar-refractivity contribution in [2.24, 2.45) is 11.5 Å². The number of nitrogens with two attached hydrogens (primary N) is 2. The SMILES string of the molecule is N[C@@H](CO)C(=O)NC(=O)NC(=O)[C@@H](N)CO. The number of carbonyl (C=O) groups is 3. The first-order chi connectivity index (χ1) is 7.42. The Morgan fingerprint density at radius 1 is 0.938 bits per heavy atom. The summed E-state index contributed by atoms with van der Waals surface area (Å²) in [6.07, 6.45) is 0. The molecular formula is C7H14N4O5. The number of aliphatic hydroxyl groups excluding tert-OH is 2. The normalized spacial score (nSPS) is 13.8. The van der Waals surface area contributed by atoms with E-state index in [-0.39, 0.29) is 0 Å². The Bertz CT molecular complexity index is 256. The van der Waals surface area contributed by atoms with Crippen LogP contribution in [0.5, 0.6) is 0 Å². The van der Waals surface area contributed by atoms with Gasteiger partial charge in [0.1, 0.15) is 12.1 Å². The molecule has 0 rings (SSSR count). The van der Waals surface area contributed by atoms with Crippen LogP contribution in [0.25, 0.3) is 0 Å². The molecule has 2 atom stereocenters. The summed E-state index contributed by atoms with van der Waals surface area (Å²) in [5.41, 5.74) is 10.2. The first kappa shape index (κ1) is 14.5. The summed E-state index contributed by atoms with van der Waals surface area (Å²) in [5.74, 6) is -1.88. The van der Waals surface area contributed by atoms with Gasteiger partial charge in [-0.3, -0.25) is 20.2 Å². The Balaban J connectivity index is 4.09. The van der Waals surface area contributed by atoms with E-state index in [1.54, 1.807) is 10.6 Å². The van der Waals surface area contributed by atoms with Crippen LogP contribution in [0.15, 0.2) is 0 Å². The van der Waals surface area contributed by atoms with Gasteiger partial charge in [-0.1, -0.05) is 0 Å².